The number of fused-ring (bicyclic) bond motifs is 1. The van der Waals surface area contributed by atoms with Crippen molar-refractivity contribution in [3.8, 4) is 6.07 Å². The number of H-pyrrole nitrogens is 1. The highest BCUT2D eigenvalue weighted by atomic mass is 16.5. The molecule has 2 amide bonds. The van der Waals surface area contributed by atoms with Crippen LogP contribution in [0.15, 0.2) is 48.5 Å². The van der Waals surface area contributed by atoms with E-state index in [-0.39, 0.29) is 18.7 Å². The van der Waals surface area contributed by atoms with Gasteiger partial charge in [-0.2, -0.15) is 10.4 Å². The summed E-state index contributed by atoms with van der Waals surface area (Å²) in [5.41, 5.74) is 1.81. The highest BCUT2D eigenvalue weighted by Gasteiger charge is 2.19. The van der Waals surface area contributed by atoms with Gasteiger partial charge in [-0.15, -0.1) is 0 Å². The molecular formula is C21H19N5O4. The van der Waals surface area contributed by atoms with Gasteiger partial charge in [0.15, 0.2) is 11.8 Å². The van der Waals surface area contributed by atoms with Crippen molar-refractivity contribution in [2.24, 2.45) is 0 Å². The van der Waals surface area contributed by atoms with Crippen LogP contribution in [0.3, 0.4) is 0 Å². The van der Waals surface area contributed by atoms with Crippen molar-refractivity contribution in [2.75, 3.05) is 11.9 Å². The average molecular weight is 405 g/mol. The number of rotatable bonds is 7. The Morgan fingerprint density at radius 2 is 2.00 bits per heavy atom. The monoisotopic (exact) mass is 405 g/mol. The number of nitriles is 1. The van der Waals surface area contributed by atoms with Gasteiger partial charge in [-0.3, -0.25) is 19.5 Å². The number of aromatic nitrogens is 2. The molecule has 9 heteroatoms. The molecule has 30 heavy (non-hydrogen) atoms. The van der Waals surface area contributed by atoms with Gasteiger partial charge in [-0.05, 0) is 31.2 Å². The first-order valence-electron chi connectivity index (χ1n) is 9.19. The quantitative estimate of drug-likeness (QED) is 0.515. The molecule has 3 N–H and O–H groups in total. The molecule has 0 saturated heterocycles. The second-order valence-electron chi connectivity index (χ2n) is 6.44. The standard InChI is InChI=1S/C21H19N5O4/c1-13(20(28)24-15-6-4-5-14(11-15)12-22)30-18(27)9-10-23-21(29)19-16-7-2-3-8-17(16)25-26-19/h2-8,11,13H,9-10H2,1H3,(H,23,29)(H,24,28)(H,25,26). The lowest BCUT2D eigenvalue weighted by Gasteiger charge is -2.13. The molecule has 1 aromatic heterocycles. The Labute approximate surface area is 172 Å². The first kappa shape index (κ1) is 20.5. The second kappa shape index (κ2) is 9.34. The Balaban J connectivity index is 1.45. The molecule has 152 valence electrons. The minimum absolute atomic E-state index is 0.0391. The number of aromatic amines is 1. The molecule has 1 unspecified atom stereocenters. The Bertz CT molecular complexity index is 1130. The molecule has 3 rings (SSSR count). The van der Waals surface area contributed by atoms with Gasteiger partial charge in [0, 0.05) is 17.6 Å². The molecular weight excluding hydrogens is 386 g/mol. The molecule has 0 fully saturated rings. The van der Waals surface area contributed by atoms with E-state index in [0.717, 1.165) is 5.52 Å². The summed E-state index contributed by atoms with van der Waals surface area (Å²) < 4.78 is 5.09. The van der Waals surface area contributed by atoms with E-state index in [4.69, 9.17) is 10.00 Å². The minimum Gasteiger partial charge on any atom is -0.452 e. The molecule has 0 bridgehead atoms. The average Bonchev–Trinajstić information content (AvgIpc) is 3.18. The van der Waals surface area contributed by atoms with Crippen molar-refractivity contribution in [3.05, 3.63) is 59.8 Å². The zero-order valence-corrected chi connectivity index (χ0v) is 16.1. The van der Waals surface area contributed by atoms with E-state index < -0.39 is 23.9 Å². The highest BCUT2D eigenvalue weighted by Crippen LogP contribution is 2.15. The normalized spacial score (nSPS) is 11.3. The number of nitrogens with one attached hydrogen (secondary N) is 3. The molecule has 0 aliphatic rings. The predicted octanol–water partition coefficient (Wildman–Crippen LogP) is 2.12. The summed E-state index contributed by atoms with van der Waals surface area (Å²) in [6.07, 6.45) is -1.13. The number of carbonyl (C=O) groups is 3. The van der Waals surface area contributed by atoms with Gasteiger partial charge >= 0.3 is 5.97 Å². The van der Waals surface area contributed by atoms with Gasteiger partial charge in [0.25, 0.3) is 11.8 Å². The van der Waals surface area contributed by atoms with Crippen molar-refractivity contribution in [3.63, 3.8) is 0 Å². The van der Waals surface area contributed by atoms with Crippen LogP contribution in [0.1, 0.15) is 29.4 Å². The second-order valence-corrected chi connectivity index (χ2v) is 6.44. The van der Waals surface area contributed by atoms with Gasteiger partial charge in [0.2, 0.25) is 0 Å². The van der Waals surface area contributed by atoms with Crippen LogP contribution in [0.2, 0.25) is 0 Å². The maximum Gasteiger partial charge on any atom is 0.308 e. The van der Waals surface area contributed by atoms with Crippen molar-refractivity contribution < 1.29 is 19.1 Å². The van der Waals surface area contributed by atoms with Crippen molar-refractivity contribution >= 4 is 34.4 Å². The van der Waals surface area contributed by atoms with Crippen LogP contribution < -0.4 is 10.6 Å². The number of nitrogens with zero attached hydrogens (tertiary/aromatic N) is 2. The first-order valence-corrected chi connectivity index (χ1v) is 9.19. The number of para-hydroxylation sites is 1. The van der Waals surface area contributed by atoms with Crippen molar-refractivity contribution in [1.29, 1.82) is 5.26 Å². The van der Waals surface area contributed by atoms with E-state index in [1.165, 1.54) is 13.0 Å². The number of esters is 1. The fourth-order valence-electron chi connectivity index (χ4n) is 2.72. The lowest BCUT2D eigenvalue weighted by molar-refractivity contribution is -0.153. The van der Waals surface area contributed by atoms with Crippen LogP contribution in [0.5, 0.6) is 0 Å². The summed E-state index contributed by atoms with van der Waals surface area (Å²) in [6, 6.07) is 15.6. The van der Waals surface area contributed by atoms with E-state index in [1.807, 2.05) is 12.1 Å². The molecule has 0 saturated carbocycles. The van der Waals surface area contributed by atoms with Gasteiger partial charge < -0.3 is 15.4 Å². The minimum atomic E-state index is -1.03. The predicted molar refractivity (Wildman–Crippen MR) is 108 cm³/mol. The summed E-state index contributed by atoms with van der Waals surface area (Å²) in [5, 5.41) is 21.5. The summed E-state index contributed by atoms with van der Waals surface area (Å²) in [6.45, 7) is 1.48. The van der Waals surface area contributed by atoms with Crippen LogP contribution in [0.25, 0.3) is 10.9 Å². The van der Waals surface area contributed by atoms with Gasteiger partial charge in [-0.1, -0.05) is 24.3 Å². The van der Waals surface area contributed by atoms with Gasteiger partial charge in [0.1, 0.15) is 0 Å². The number of hydrogen-bond donors (Lipinski definition) is 3. The SMILES string of the molecule is CC(OC(=O)CCNC(=O)c1n[nH]c2ccccc12)C(=O)Nc1cccc(C#N)c1. The van der Waals surface area contributed by atoms with Gasteiger partial charge in [-0.25, -0.2) is 0 Å². The third-order valence-corrected chi connectivity index (χ3v) is 4.24. The largest absolute Gasteiger partial charge is 0.452 e. The fourth-order valence-corrected chi connectivity index (χ4v) is 2.72. The van der Waals surface area contributed by atoms with Crippen LogP contribution in [0, 0.1) is 11.3 Å². The Hall–Kier alpha value is -4.19. The summed E-state index contributed by atoms with van der Waals surface area (Å²) in [5.74, 6) is -1.57. The van der Waals surface area contributed by atoms with Crippen LogP contribution in [0.4, 0.5) is 5.69 Å². The Morgan fingerprint density at radius 3 is 2.80 bits per heavy atom. The third kappa shape index (κ3) is 4.99. The summed E-state index contributed by atoms with van der Waals surface area (Å²) >= 11 is 0. The summed E-state index contributed by atoms with van der Waals surface area (Å²) in [4.78, 5) is 36.4. The van der Waals surface area contributed by atoms with E-state index in [2.05, 4.69) is 20.8 Å². The molecule has 0 aliphatic heterocycles. The molecule has 0 aliphatic carbocycles. The van der Waals surface area contributed by atoms with E-state index >= 15 is 0 Å². The summed E-state index contributed by atoms with van der Waals surface area (Å²) in [7, 11) is 0. The fraction of sp³-hybridized carbons (Fsp3) is 0.190. The first-order chi connectivity index (χ1) is 14.5. The third-order valence-electron chi connectivity index (χ3n) is 4.24. The Kier molecular flexibility index (Phi) is 6.39. The van der Waals surface area contributed by atoms with Crippen LogP contribution in [-0.4, -0.2) is 40.6 Å². The number of carbonyl (C=O) groups excluding carboxylic acids is 3. The molecule has 0 radical (unpaired) electrons. The number of hydrogen-bond acceptors (Lipinski definition) is 6. The van der Waals surface area contributed by atoms with E-state index in [1.54, 1.807) is 36.4 Å². The topological polar surface area (TPSA) is 137 Å². The van der Waals surface area contributed by atoms with E-state index in [9.17, 15) is 14.4 Å². The van der Waals surface area contributed by atoms with E-state index in [0.29, 0.717) is 16.6 Å². The molecule has 1 atom stereocenters. The zero-order chi connectivity index (χ0) is 21.5. The highest BCUT2D eigenvalue weighted by molar-refractivity contribution is 6.04. The van der Waals surface area contributed by atoms with Crippen molar-refractivity contribution in [1.82, 2.24) is 15.5 Å². The van der Waals surface area contributed by atoms with Gasteiger partial charge in [0.05, 0.1) is 23.6 Å². The molecule has 2 aromatic carbocycles. The Morgan fingerprint density at radius 1 is 1.20 bits per heavy atom. The maximum atomic E-state index is 12.3. The van der Waals surface area contributed by atoms with Crippen LogP contribution in [-0.2, 0) is 14.3 Å². The van der Waals surface area contributed by atoms with Crippen LogP contribution >= 0.6 is 0 Å². The lowest BCUT2D eigenvalue weighted by Crippen LogP contribution is -2.32. The number of amides is 2. The number of ether oxygens (including phenoxy) is 1. The molecule has 1 heterocycles. The smallest absolute Gasteiger partial charge is 0.308 e. The molecule has 3 aromatic rings. The maximum absolute atomic E-state index is 12.3. The zero-order valence-electron chi connectivity index (χ0n) is 16.1. The number of anilines is 1. The molecule has 9 nitrogen and oxygen atoms in total. The molecule has 0 spiro atoms. The number of benzene rings is 2. The van der Waals surface area contributed by atoms with Crippen molar-refractivity contribution in [2.45, 2.75) is 19.4 Å². The lowest BCUT2D eigenvalue weighted by atomic mass is 10.2.